The predicted molar refractivity (Wildman–Crippen MR) is 97.8 cm³/mol. The Balaban J connectivity index is 1.52. The summed E-state index contributed by atoms with van der Waals surface area (Å²) in [7, 11) is 1.39. The Morgan fingerprint density at radius 3 is 2.52 bits per heavy atom. The van der Waals surface area contributed by atoms with Gasteiger partial charge < -0.3 is 14.2 Å². The molecule has 1 fully saturated rings. The number of rotatable bonds is 5. The number of methoxy groups -OCH3 is 1. The van der Waals surface area contributed by atoms with Gasteiger partial charge >= 0.3 is 5.97 Å². The van der Waals surface area contributed by atoms with Gasteiger partial charge in [-0.3, -0.25) is 4.79 Å². The highest BCUT2D eigenvalue weighted by Crippen LogP contribution is 2.26. The number of ether oxygens (including phenoxy) is 1. The maximum Gasteiger partial charge on any atom is 0.354 e. The zero-order valence-corrected chi connectivity index (χ0v) is 15.1. The number of carbonyl (C=O) groups is 2. The van der Waals surface area contributed by atoms with Crippen LogP contribution in [0.15, 0.2) is 53.6 Å². The molecule has 0 spiro atoms. The lowest BCUT2D eigenvalue weighted by atomic mass is 10.0. The van der Waals surface area contributed by atoms with Crippen molar-refractivity contribution in [3.63, 3.8) is 0 Å². The SMILES string of the molecule is COC(=O)c1cccn1C1CCN(C(=O)CSc2ccccc2)CC1. The van der Waals surface area contributed by atoms with Crippen molar-refractivity contribution in [1.29, 1.82) is 0 Å². The van der Waals surface area contributed by atoms with Crippen LogP contribution in [0.5, 0.6) is 0 Å². The first-order valence-electron chi connectivity index (χ1n) is 8.40. The van der Waals surface area contributed by atoms with E-state index in [4.69, 9.17) is 4.74 Å². The van der Waals surface area contributed by atoms with E-state index in [9.17, 15) is 9.59 Å². The highest BCUT2D eigenvalue weighted by molar-refractivity contribution is 8.00. The summed E-state index contributed by atoms with van der Waals surface area (Å²) in [6, 6.07) is 13.8. The van der Waals surface area contributed by atoms with Gasteiger partial charge in [0.2, 0.25) is 5.91 Å². The Morgan fingerprint density at radius 2 is 1.84 bits per heavy atom. The number of piperidine rings is 1. The standard InChI is InChI=1S/C19H22N2O3S/c1-24-19(23)17-8-5-11-21(17)15-9-12-20(13-10-15)18(22)14-25-16-6-3-2-4-7-16/h2-8,11,15H,9-10,12-14H2,1H3. The molecule has 1 aromatic heterocycles. The molecule has 6 heteroatoms. The third-order valence-electron chi connectivity index (χ3n) is 4.49. The Morgan fingerprint density at radius 1 is 1.12 bits per heavy atom. The van der Waals surface area contributed by atoms with Crippen molar-refractivity contribution < 1.29 is 14.3 Å². The van der Waals surface area contributed by atoms with Crippen LogP contribution in [-0.2, 0) is 9.53 Å². The molecule has 0 N–H and O–H groups in total. The first-order valence-corrected chi connectivity index (χ1v) is 9.38. The molecule has 0 radical (unpaired) electrons. The van der Waals surface area contributed by atoms with Crippen molar-refractivity contribution >= 4 is 23.6 Å². The van der Waals surface area contributed by atoms with Gasteiger partial charge in [-0.25, -0.2) is 4.79 Å². The van der Waals surface area contributed by atoms with Crippen LogP contribution in [0.1, 0.15) is 29.4 Å². The normalized spacial score (nSPS) is 15.2. The third-order valence-corrected chi connectivity index (χ3v) is 5.49. The molecule has 1 aliphatic rings. The third kappa shape index (κ3) is 4.25. The number of aromatic nitrogens is 1. The summed E-state index contributed by atoms with van der Waals surface area (Å²) in [5.41, 5.74) is 0.576. The summed E-state index contributed by atoms with van der Waals surface area (Å²) < 4.78 is 6.81. The van der Waals surface area contributed by atoms with E-state index in [1.54, 1.807) is 17.8 Å². The van der Waals surface area contributed by atoms with E-state index in [-0.39, 0.29) is 17.9 Å². The second-order valence-electron chi connectivity index (χ2n) is 6.01. The zero-order chi connectivity index (χ0) is 17.6. The monoisotopic (exact) mass is 358 g/mol. The summed E-state index contributed by atoms with van der Waals surface area (Å²) in [6.45, 7) is 1.44. The quantitative estimate of drug-likeness (QED) is 0.608. The van der Waals surface area contributed by atoms with Gasteiger partial charge in [0.15, 0.2) is 0 Å². The average Bonchev–Trinajstić information content (AvgIpc) is 3.16. The molecule has 5 nitrogen and oxygen atoms in total. The maximum absolute atomic E-state index is 12.4. The second kappa shape index (κ2) is 8.25. The lowest BCUT2D eigenvalue weighted by Crippen LogP contribution is -2.40. The topological polar surface area (TPSA) is 51.5 Å². The fourth-order valence-electron chi connectivity index (χ4n) is 3.14. The molecule has 2 heterocycles. The molecule has 1 amide bonds. The molecule has 0 unspecified atom stereocenters. The zero-order valence-electron chi connectivity index (χ0n) is 14.3. The maximum atomic E-state index is 12.4. The van der Waals surface area contributed by atoms with Gasteiger partial charge in [0.1, 0.15) is 5.69 Å². The Bertz CT molecular complexity index is 721. The minimum atomic E-state index is -0.317. The number of likely N-dealkylation sites (tertiary alicyclic amines) is 1. The molecule has 0 atom stereocenters. The van der Waals surface area contributed by atoms with Crippen LogP contribution in [0.25, 0.3) is 0 Å². The first-order chi connectivity index (χ1) is 12.2. The molecule has 2 aromatic rings. The Labute approximate surface area is 152 Å². The van der Waals surface area contributed by atoms with Gasteiger partial charge in [0.25, 0.3) is 0 Å². The highest BCUT2D eigenvalue weighted by atomic mass is 32.2. The van der Waals surface area contributed by atoms with E-state index in [0.29, 0.717) is 11.4 Å². The number of thioether (sulfide) groups is 1. The van der Waals surface area contributed by atoms with E-state index in [0.717, 1.165) is 30.8 Å². The summed E-state index contributed by atoms with van der Waals surface area (Å²) in [6.07, 6.45) is 3.61. The molecule has 0 aliphatic carbocycles. The molecule has 132 valence electrons. The molecule has 1 aliphatic heterocycles. The molecule has 25 heavy (non-hydrogen) atoms. The first kappa shape index (κ1) is 17.6. The van der Waals surface area contributed by atoms with Crippen LogP contribution in [0, 0.1) is 0 Å². The lowest BCUT2D eigenvalue weighted by Gasteiger charge is -2.33. The van der Waals surface area contributed by atoms with E-state index < -0.39 is 0 Å². The Kier molecular flexibility index (Phi) is 5.81. The highest BCUT2D eigenvalue weighted by Gasteiger charge is 2.26. The molecule has 1 saturated heterocycles. The fourth-order valence-corrected chi connectivity index (χ4v) is 3.96. The van der Waals surface area contributed by atoms with Gasteiger partial charge in [0.05, 0.1) is 12.9 Å². The van der Waals surface area contributed by atoms with Crippen LogP contribution in [0.2, 0.25) is 0 Å². The molecular weight excluding hydrogens is 336 g/mol. The minimum Gasteiger partial charge on any atom is -0.464 e. The van der Waals surface area contributed by atoms with Crippen LogP contribution < -0.4 is 0 Å². The number of carbonyl (C=O) groups excluding carboxylic acids is 2. The minimum absolute atomic E-state index is 0.174. The van der Waals surface area contributed by atoms with Crippen molar-refractivity contribution in [3.8, 4) is 0 Å². The van der Waals surface area contributed by atoms with Crippen LogP contribution in [0.3, 0.4) is 0 Å². The van der Waals surface area contributed by atoms with E-state index in [1.807, 2.05) is 52.1 Å². The van der Waals surface area contributed by atoms with Crippen molar-refractivity contribution in [3.05, 3.63) is 54.4 Å². The molecule has 3 rings (SSSR count). The molecule has 0 saturated carbocycles. The smallest absolute Gasteiger partial charge is 0.354 e. The predicted octanol–water partition coefficient (Wildman–Crippen LogP) is 3.23. The van der Waals surface area contributed by atoms with Crippen LogP contribution in [0.4, 0.5) is 0 Å². The summed E-state index contributed by atoms with van der Waals surface area (Å²) in [5, 5.41) is 0. The van der Waals surface area contributed by atoms with Crippen LogP contribution >= 0.6 is 11.8 Å². The van der Waals surface area contributed by atoms with Crippen molar-refractivity contribution in [2.24, 2.45) is 0 Å². The van der Waals surface area contributed by atoms with Gasteiger partial charge in [-0.2, -0.15) is 0 Å². The largest absolute Gasteiger partial charge is 0.464 e. The Hall–Kier alpha value is -2.21. The van der Waals surface area contributed by atoms with Crippen molar-refractivity contribution in [2.45, 2.75) is 23.8 Å². The second-order valence-corrected chi connectivity index (χ2v) is 7.05. The van der Waals surface area contributed by atoms with E-state index in [1.165, 1.54) is 7.11 Å². The molecular formula is C19H22N2O3S. The number of nitrogens with zero attached hydrogens (tertiary/aromatic N) is 2. The van der Waals surface area contributed by atoms with Crippen molar-refractivity contribution in [2.75, 3.05) is 26.0 Å². The summed E-state index contributed by atoms with van der Waals surface area (Å²) in [4.78, 5) is 27.3. The number of benzene rings is 1. The average molecular weight is 358 g/mol. The molecule has 1 aromatic carbocycles. The van der Waals surface area contributed by atoms with Gasteiger partial charge in [-0.1, -0.05) is 18.2 Å². The van der Waals surface area contributed by atoms with Crippen LogP contribution in [-0.4, -0.2) is 47.3 Å². The number of esters is 1. The summed E-state index contributed by atoms with van der Waals surface area (Å²) >= 11 is 1.57. The fraction of sp³-hybridized carbons (Fsp3) is 0.368. The van der Waals surface area contributed by atoms with Gasteiger partial charge in [-0.05, 0) is 37.1 Å². The number of hydrogen-bond donors (Lipinski definition) is 0. The summed E-state index contributed by atoms with van der Waals surface area (Å²) in [5.74, 6) is 0.321. The molecule has 0 bridgehead atoms. The lowest BCUT2D eigenvalue weighted by molar-refractivity contribution is -0.129. The van der Waals surface area contributed by atoms with E-state index in [2.05, 4.69) is 0 Å². The van der Waals surface area contributed by atoms with Crippen molar-refractivity contribution in [1.82, 2.24) is 9.47 Å². The van der Waals surface area contributed by atoms with E-state index >= 15 is 0 Å². The van der Waals surface area contributed by atoms with Gasteiger partial charge in [0, 0.05) is 30.2 Å². The van der Waals surface area contributed by atoms with Gasteiger partial charge in [-0.15, -0.1) is 11.8 Å². The number of hydrogen-bond acceptors (Lipinski definition) is 4. The number of amides is 1.